The Hall–Kier alpha value is -0.0800. The summed E-state index contributed by atoms with van der Waals surface area (Å²) in [6, 6.07) is 0. The lowest BCUT2D eigenvalue weighted by Gasteiger charge is -2.26. The minimum absolute atomic E-state index is 0.319. The largest absolute Gasteiger partial charge is 0.372 e. The Morgan fingerprint density at radius 1 is 1.22 bits per heavy atom. The van der Waals surface area contributed by atoms with Crippen LogP contribution in [0.15, 0.2) is 0 Å². The zero-order chi connectivity index (χ0) is 12.8. The van der Waals surface area contributed by atoms with Crippen molar-refractivity contribution >= 4 is 0 Å². The monoisotopic (exact) mass is 253 g/mol. The van der Waals surface area contributed by atoms with Crippen LogP contribution < -0.4 is 5.32 Å². The van der Waals surface area contributed by atoms with Gasteiger partial charge in [0.15, 0.2) is 0 Å². The van der Waals surface area contributed by atoms with Crippen molar-refractivity contribution < 1.29 is 4.74 Å². The van der Waals surface area contributed by atoms with Crippen LogP contribution in [0.25, 0.3) is 0 Å². The Labute approximate surface area is 113 Å². The van der Waals surface area contributed by atoms with Crippen LogP contribution >= 0.6 is 0 Å². The van der Waals surface area contributed by atoms with Gasteiger partial charge in [0.1, 0.15) is 0 Å². The lowest BCUT2D eigenvalue weighted by atomic mass is 9.94. The molecule has 1 N–H and O–H groups in total. The minimum Gasteiger partial charge on any atom is -0.372 e. The van der Waals surface area contributed by atoms with Crippen molar-refractivity contribution in [3.8, 4) is 0 Å². The highest BCUT2D eigenvalue weighted by Gasteiger charge is 2.42. The van der Waals surface area contributed by atoms with Gasteiger partial charge in [-0.1, -0.05) is 33.1 Å². The van der Waals surface area contributed by atoms with Gasteiger partial charge < -0.3 is 10.1 Å². The van der Waals surface area contributed by atoms with Gasteiger partial charge in [-0.05, 0) is 57.5 Å². The third kappa shape index (κ3) is 3.71. The van der Waals surface area contributed by atoms with E-state index in [-0.39, 0.29) is 0 Å². The Morgan fingerprint density at radius 2 is 2.00 bits per heavy atom. The minimum atomic E-state index is 0.319. The average molecular weight is 253 g/mol. The summed E-state index contributed by atoms with van der Waals surface area (Å²) in [5.74, 6) is 0.816. The van der Waals surface area contributed by atoms with E-state index >= 15 is 0 Å². The van der Waals surface area contributed by atoms with Crippen LogP contribution in [0, 0.1) is 5.92 Å². The van der Waals surface area contributed by atoms with E-state index in [9.17, 15) is 0 Å². The molecule has 0 aromatic rings. The number of nitrogens with one attached hydrogen (secondary N) is 1. The molecule has 0 amide bonds. The fourth-order valence-electron chi connectivity index (χ4n) is 3.88. The maximum absolute atomic E-state index is 6.44. The van der Waals surface area contributed by atoms with Crippen LogP contribution in [-0.4, -0.2) is 24.8 Å². The summed E-state index contributed by atoms with van der Waals surface area (Å²) in [6.45, 7) is 6.77. The number of ether oxygens (including phenoxy) is 1. The molecule has 2 rings (SSSR count). The van der Waals surface area contributed by atoms with Crippen LogP contribution in [0.5, 0.6) is 0 Å². The van der Waals surface area contributed by atoms with Crippen LogP contribution in [0.3, 0.4) is 0 Å². The molecule has 1 heterocycles. The van der Waals surface area contributed by atoms with Crippen LogP contribution in [0.2, 0.25) is 0 Å². The highest BCUT2D eigenvalue weighted by Crippen LogP contribution is 2.44. The summed E-state index contributed by atoms with van der Waals surface area (Å²) >= 11 is 0. The van der Waals surface area contributed by atoms with Crippen LogP contribution in [0.1, 0.15) is 71.6 Å². The summed E-state index contributed by atoms with van der Waals surface area (Å²) in [4.78, 5) is 0. The molecule has 0 aromatic carbocycles. The summed E-state index contributed by atoms with van der Waals surface area (Å²) in [6.07, 6.45) is 12.6. The fourth-order valence-corrected chi connectivity index (χ4v) is 3.88. The van der Waals surface area contributed by atoms with Crippen molar-refractivity contribution in [2.24, 2.45) is 5.92 Å². The quantitative estimate of drug-likeness (QED) is 0.743. The van der Waals surface area contributed by atoms with Gasteiger partial charge >= 0.3 is 0 Å². The smallest absolute Gasteiger partial charge is 0.0687 e. The van der Waals surface area contributed by atoms with E-state index in [1.807, 2.05) is 0 Å². The number of hydrogen-bond acceptors (Lipinski definition) is 2. The van der Waals surface area contributed by atoms with Crippen molar-refractivity contribution in [1.82, 2.24) is 5.32 Å². The van der Waals surface area contributed by atoms with Gasteiger partial charge in [0.25, 0.3) is 0 Å². The van der Waals surface area contributed by atoms with Gasteiger partial charge in [0.2, 0.25) is 0 Å². The Bertz CT molecular complexity index is 235. The second kappa shape index (κ2) is 6.91. The van der Waals surface area contributed by atoms with Gasteiger partial charge in [-0.3, -0.25) is 0 Å². The third-order valence-corrected chi connectivity index (χ3v) is 4.83. The van der Waals surface area contributed by atoms with Crippen LogP contribution in [-0.2, 0) is 4.74 Å². The molecule has 1 aliphatic heterocycles. The zero-order valence-corrected chi connectivity index (χ0v) is 12.3. The SMILES string of the molecule is CCCC(CNCC)CC1CCC2(CCCC2)O1. The van der Waals surface area contributed by atoms with E-state index in [1.54, 1.807) is 0 Å². The van der Waals surface area contributed by atoms with Gasteiger partial charge in [0.05, 0.1) is 11.7 Å². The second-order valence-electron chi connectivity index (χ2n) is 6.37. The van der Waals surface area contributed by atoms with Gasteiger partial charge in [-0.15, -0.1) is 0 Å². The Kier molecular flexibility index (Phi) is 5.50. The molecule has 0 bridgehead atoms. The summed E-state index contributed by atoms with van der Waals surface area (Å²) in [7, 11) is 0. The standard InChI is InChI=1S/C16H31NO/c1-3-7-14(13-17-4-2)12-15-8-11-16(18-15)9-5-6-10-16/h14-15,17H,3-13H2,1-2H3. The Morgan fingerprint density at radius 3 is 2.67 bits per heavy atom. The molecule has 2 unspecified atom stereocenters. The predicted molar refractivity (Wildman–Crippen MR) is 76.9 cm³/mol. The fraction of sp³-hybridized carbons (Fsp3) is 1.00. The van der Waals surface area contributed by atoms with Gasteiger partial charge in [0, 0.05) is 0 Å². The molecule has 1 aliphatic carbocycles. The first-order valence-electron chi connectivity index (χ1n) is 8.16. The molecular weight excluding hydrogens is 222 g/mol. The molecule has 2 fully saturated rings. The van der Waals surface area contributed by atoms with E-state index in [4.69, 9.17) is 4.74 Å². The lowest BCUT2D eigenvalue weighted by Crippen LogP contribution is -2.28. The third-order valence-electron chi connectivity index (χ3n) is 4.83. The first-order chi connectivity index (χ1) is 8.78. The zero-order valence-electron chi connectivity index (χ0n) is 12.3. The Balaban J connectivity index is 1.77. The summed E-state index contributed by atoms with van der Waals surface area (Å²) in [5, 5.41) is 3.51. The maximum Gasteiger partial charge on any atom is 0.0687 e. The molecule has 1 saturated carbocycles. The highest BCUT2D eigenvalue weighted by molar-refractivity contribution is 4.93. The van der Waals surface area contributed by atoms with Gasteiger partial charge in [-0.25, -0.2) is 0 Å². The number of hydrogen-bond donors (Lipinski definition) is 1. The first kappa shape index (κ1) is 14.3. The molecule has 2 aliphatic rings. The van der Waals surface area contributed by atoms with E-state index in [2.05, 4.69) is 19.2 Å². The van der Waals surface area contributed by atoms with E-state index in [0.29, 0.717) is 11.7 Å². The predicted octanol–water partition coefficient (Wildman–Crippen LogP) is 3.89. The van der Waals surface area contributed by atoms with Crippen molar-refractivity contribution in [1.29, 1.82) is 0 Å². The maximum atomic E-state index is 6.44. The van der Waals surface area contributed by atoms with E-state index in [1.165, 1.54) is 64.3 Å². The second-order valence-corrected chi connectivity index (χ2v) is 6.37. The normalized spacial score (nSPS) is 28.0. The van der Waals surface area contributed by atoms with Crippen molar-refractivity contribution in [3.05, 3.63) is 0 Å². The highest BCUT2D eigenvalue weighted by atomic mass is 16.5. The first-order valence-corrected chi connectivity index (χ1v) is 8.16. The lowest BCUT2D eigenvalue weighted by molar-refractivity contribution is -0.0444. The van der Waals surface area contributed by atoms with Gasteiger partial charge in [-0.2, -0.15) is 0 Å². The molecule has 0 radical (unpaired) electrons. The topological polar surface area (TPSA) is 21.3 Å². The van der Waals surface area contributed by atoms with E-state index in [0.717, 1.165) is 12.5 Å². The molecule has 2 atom stereocenters. The van der Waals surface area contributed by atoms with Crippen molar-refractivity contribution in [3.63, 3.8) is 0 Å². The molecule has 0 aromatic heterocycles. The summed E-state index contributed by atoms with van der Waals surface area (Å²) < 4.78 is 6.44. The van der Waals surface area contributed by atoms with Crippen LogP contribution in [0.4, 0.5) is 0 Å². The molecule has 1 spiro atoms. The molecule has 18 heavy (non-hydrogen) atoms. The molecule has 106 valence electrons. The van der Waals surface area contributed by atoms with Crippen molar-refractivity contribution in [2.45, 2.75) is 83.3 Å². The number of rotatable bonds is 7. The molecule has 1 saturated heterocycles. The molecule has 2 nitrogen and oxygen atoms in total. The van der Waals surface area contributed by atoms with E-state index < -0.39 is 0 Å². The average Bonchev–Trinajstić information content (AvgIpc) is 2.98. The molecule has 2 heteroatoms. The van der Waals surface area contributed by atoms with Crippen molar-refractivity contribution in [2.75, 3.05) is 13.1 Å². The summed E-state index contributed by atoms with van der Waals surface area (Å²) in [5.41, 5.74) is 0.319. The molecular formula is C16H31NO.